The van der Waals surface area contributed by atoms with Crippen LogP contribution in [0, 0.1) is 6.92 Å². The number of hydrogen-bond acceptors (Lipinski definition) is 2. The molecule has 0 aliphatic carbocycles. The molecule has 19 heavy (non-hydrogen) atoms. The predicted molar refractivity (Wildman–Crippen MR) is 73.9 cm³/mol. The van der Waals surface area contributed by atoms with Crippen LogP contribution in [0.5, 0.6) is 5.75 Å². The normalized spacial score (nSPS) is 10.2. The van der Waals surface area contributed by atoms with Crippen molar-refractivity contribution < 1.29 is 14.6 Å². The Morgan fingerprint density at radius 1 is 1.21 bits per heavy atom. The number of carboxylic acids is 1. The Balaban J connectivity index is 2.28. The van der Waals surface area contributed by atoms with Crippen LogP contribution in [0.1, 0.15) is 21.5 Å². The molecule has 4 heteroatoms. The monoisotopic (exact) mass is 276 g/mol. The van der Waals surface area contributed by atoms with Crippen LogP contribution in [-0.4, -0.2) is 11.1 Å². The van der Waals surface area contributed by atoms with Crippen LogP contribution in [0.3, 0.4) is 0 Å². The molecule has 0 bridgehead atoms. The van der Waals surface area contributed by atoms with Crippen molar-refractivity contribution in [2.45, 2.75) is 13.5 Å². The minimum absolute atomic E-state index is 0.0755. The van der Waals surface area contributed by atoms with Gasteiger partial charge in [-0.05, 0) is 24.1 Å². The SMILES string of the molecule is Cc1ccc(C(=O)O)c(OCc2ccccc2)c1Cl. The maximum Gasteiger partial charge on any atom is 0.339 e. The molecule has 3 nitrogen and oxygen atoms in total. The van der Waals surface area contributed by atoms with E-state index < -0.39 is 5.97 Å². The van der Waals surface area contributed by atoms with Crippen molar-refractivity contribution in [3.63, 3.8) is 0 Å². The van der Waals surface area contributed by atoms with Gasteiger partial charge in [-0.1, -0.05) is 48.0 Å². The number of hydrogen-bond donors (Lipinski definition) is 1. The molecule has 2 aromatic carbocycles. The molecule has 2 rings (SSSR count). The second-order valence-electron chi connectivity index (χ2n) is 4.15. The minimum Gasteiger partial charge on any atom is -0.486 e. The Morgan fingerprint density at radius 2 is 1.89 bits per heavy atom. The van der Waals surface area contributed by atoms with E-state index in [1.165, 1.54) is 6.07 Å². The smallest absolute Gasteiger partial charge is 0.339 e. The van der Waals surface area contributed by atoms with Crippen molar-refractivity contribution in [2.24, 2.45) is 0 Å². The molecular formula is C15H13ClO3. The third-order valence-corrected chi connectivity index (χ3v) is 3.22. The molecule has 2 aromatic rings. The van der Waals surface area contributed by atoms with Crippen LogP contribution in [-0.2, 0) is 6.61 Å². The fourth-order valence-corrected chi connectivity index (χ4v) is 1.91. The molecular weight excluding hydrogens is 264 g/mol. The molecule has 0 spiro atoms. The van der Waals surface area contributed by atoms with E-state index >= 15 is 0 Å². The fraction of sp³-hybridized carbons (Fsp3) is 0.133. The van der Waals surface area contributed by atoms with E-state index in [4.69, 9.17) is 21.4 Å². The maximum atomic E-state index is 11.2. The molecule has 0 atom stereocenters. The Kier molecular flexibility index (Phi) is 4.07. The van der Waals surface area contributed by atoms with Gasteiger partial charge in [-0.2, -0.15) is 0 Å². The van der Waals surface area contributed by atoms with Crippen molar-refractivity contribution in [1.29, 1.82) is 0 Å². The maximum absolute atomic E-state index is 11.2. The number of benzene rings is 2. The van der Waals surface area contributed by atoms with Crippen LogP contribution < -0.4 is 4.74 Å². The van der Waals surface area contributed by atoms with Gasteiger partial charge in [-0.25, -0.2) is 4.79 Å². The zero-order valence-electron chi connectivity index (χ0n) is 10.4. The molecule has 0 aliphatic heterocycles. The van der Waals surface area contributed by atoms with Crippen molar-refractivity contribution in [3.05, 3.63) is 64.2 Å². The summed E-state index contributed by atoms with van der Waals surface area (Å²) in [5, 5.41) is 9.48. The van der Waals surface area contributed by atoms with Crippen molar-refractivity contribution in [1.82, 2.24) is 0 Å². The van der Waals surface area contributed by atoms with Gasteiger partial charge in [0.25, 0.3) is 0 Å². The summed E-state index contributed by atoms with van der Waals surface area (Å²) in [6.45, 7) is 2.09. The lowest BCUT2D eigenvalue weighted by Gasteiger charge is -2.12. The molecule has 0 fully saturated rings. The molecule has 98 valence electrons. The zero-order chi connectivity index (χ0) is 13.8. The lowest BCUT2D eigenvalue weighted by Crippen LogP contribution is -2.04. The van der Waals surface area contributed by atoms with Gasteiger partial charge in [-0.3, -0.25) is 0 Å². The topological polar surface area (TPSA) is 46.5 Å². The summed E-state index contributed by atoms with van der Waals surface area (Å²) < 4.78 is 5.58. The fourth-order valence-electron chi connectivity index (χ4n) is 1.69. The first-order chi connectivity index (χ1) is 9.09. The average molecular weight is 277 g/mol. The average Bonchev–Trinajstić information content (AvgIpc) is 2.41. The first-order valence-corrected chi connectivity index (χ1v) is 6.16. The van der Waals surface area contributed by atoms with Crippen molar-refractivity contribution in [3.8, 4) is 5.75 Å². The number of rotatable bonds is 4. The third kappa shape index (κ3) is 3.06. The zero-order valence-corrected chi connectivity index (χ0v) is 11.1. The minimum atomic E-state index is -1.05. The van der Waals surface area contributed by atoms with Crippen LogP contribution in [0.2, 0.25) is 5.02 Å². The lowest BCUT2D eigenvalue weighted by molar-refractivity contribution is 0.0692. The van der Waals surface area contributed by atoms with E-state index in [-0.39, 0.29) is 17.9 Å². The molecule has 0 aliphatic rings. The number of ether oxygens (including phenoxy) is 1. The van der Waals surface area contributed by atoms with Crippen LogP contribution in [0.25, 0.3) is 0 Å². The summed E-state index contributed by atoms with van der Waals surface area (Å²) in [5.74, 6) is -0.831. The van der Waals surface area contributed by atoms with E-state index in [2.05, 4.69) is 0 Å². The van der Waals surface area contributed by atoms with Crippen LogP contribution in [0.15, 0.2) is 42.5 Å². The summed E-state index contributed by atoms with van der Waals surface area (Å²) in [5.41, 5.74) is 1.82. The highest BCUT2D eigenvalue weighted by atomic mass is 35.5. The summed E-state index contributed by atoms with van der Waals surface area (Å²) in [6, 6.07) is 12.7. The Morgan fingerprint density at radius 3 is 2.53 bits per heavy atom. The van der Waals surface area contributed by atoms with E-state index in [1.807, 2.05) is 37.3 Å². The first kappa shape index (κ1) is 13.4. The molecule has 0 radical (unpaired) electrons. The summed E-state index contributed by atoms with van der Waals surface area (Å²) in [4.78, 5) is 11.2. The van der Waals surface area contributed by atoms with Crippen LogP contribution in [0.4, 0.5) is 0 Å². The van der Waals surface area contributed by atoms with Gasteiger partial charge in [0, 0.05) is 0 Å². The Labute approximate surface area is 116 Å². The molecule has 0 saturated heterocycles. The molecule has 0 amide bonds. The quantitative estimate of drug-likeness (QED) is 0.920. The predicted octanol–water partition coefficient (Wildman–Crippen LogP) is 3.93. The highest BCUT2D eigenvalue weighted by Gasteiger charge is 2.16. The summed E-state index contributed by atoms with van der Waals surface area (Å²) in [7, 11) is 0. The molecule has 0 saturated carbocycles. The number of carbonyl (C=O) groups is 1. The van der Waals surface area contributed by atoms with E-state index in [1.54, 1.807) is 6.07 Å². The standard InChI is InChI=1S/C15H13ClO3/c1-10-7-8-12(15(17)18)14(13(10)16)19-9-11-5-3-2-4-6-11/h2-8H,9H2,1H3,(H,17,18). The largest absolute Gasteiger partial charge is 0.486 e. The van der Waals surface area contributed by atoms with Gasteiger partial charge >= 0.3 is 5.97 Å². The number of halogens is 1. The van der Waals surface area contributed by atoms with Gasteiger partial charge in [0.05, 0.1) is 5.02 Å². The molecule has 0 unspecified atom stereocenters. The first-order valence-electron chi connectivity index (χ1n) is 5.78. The molecule has 0 aromatic heterocycles. The third-order valence-electron chi connectivity index (χ3n) is 2.75. The highest BCUT2D eigenvalue weighted by Crippen LogP contribution is 2.32. The van der Waals surface area contributed by atoms with Gasteiger partial charge in [0.15, 0.2) is 5.75 Å². The number of carboxylic acid groups (broad SMARTS) is 1. The Hall–Kier alpha value is -2.00. The van der Waals surface area contributed by atoms with E-state index in [9.17, 15) is 4.79 Å². The highest BCUT2D eigenvalue weighted by molar-refractivity contribution is 6.33. The molecule has 1 N–H and O–H groups in total. The van der Waals surface area contributed by atoms with Crippen molar-refractivity contribution >= 4 is 17.6 Å². The Bertz CT molecular complexity index is 594. The van der Waals surface area contributed by atoms with Gasteiger partial charge in [0.2, 0.25) is 0 Å². The van der Waals surface area contributed by atoms with Gasteiger partial charge in [0.1, 0.15) is 12.2 Å². The molecule has 0 heterocycles. The van der Waals surface area contributed by atoms with Crippen molar-refractivity contribution in [2.75, 3.05) is 0 Å². The lowest BCUT2D eigenvalue weighted by atomic mass is 10.1. The number of aryl methyl sites for hydroxylation is 1. The van der Waals surface area contributed by atoms with E-state index in [0.29, 0.717) is 5.02 Å². The second kappa shape index (κ2) is 5.76. The van der Waals surface area contributed by atoms with Gasteiger partial charge in [-0.15, -0.1) is 0 Å². The van der Waals surface area contributed by atoms with E-state index in [0.717, 1.165) is 11.1 Å². The number of aromatic carboxylic acids is 1. The van der Waals surface area contributed by atoms with Gasteiger partial charge < -0.3 is 9.84 Å². The van der Waals surface area contributed by atoms with Crippen LogP contribution >= 0.6 is 11.6 Å². The second-order valence-corrected chi connectivity index (χ2v) is 4.53. The summed E-state index contributed by atoms with van der Waals surface area (Å²) in [6.07, 6.45) is 0. The summed E-state index contributed by atoms with van der Waals surface area (Å²) >= 11 is 6.12.